The first-order chi connectivity index (χ1) is 13.1. The predicted octanol–water partition coefficient (Wildman–Crippen LogP) is 3.99. The Morgan fingerprint density at radius 2 is 1.70 bits per heavy atom. The van der Waals surface area contributed by atoms with Crippen molar-refractivity contribution in [3.05, 3.63) is 47.3 Å². The maximum Gasteiger partial charge on any atom is 0.203 e. The maximum absolute atomic E-state index is 9.93. The second-order valence-corrected chi connectivity index (χ2v) is 6.27. The summed E-state index contributed by atoms with van der Waals surface area (Å²) in [7, 11) is 4.59. The van der Waals surface area contributed by atoms with Gasteiger partial charge in [0, 0.05) is 16.5 Å². The zero-order valence-electron chi connectivity index (χ0n) is 15.1. The van der Waals surface area contributed by atoms with Gasteiger partial charge in [0.15, 0.2) is 11.5 Å². The lowest BCUT2D eigenvalue weighted by Gasteiger charge is -2.09. The molecule has 0 saturated heterocycles. The van der Waals surface area contributed by atoms with E-state index in [2.05, 4.69) is 15.5 Å². The van der Waals surface area contributed by atoms with Crippen LogP contribution in [0.15, 0.2) is 46.9 Å². The van der Waals surface area contributed by atoms with E-state index in [0.29, 0.717) is 22.2 Å². The van der Waals surface area contributed by atoms with Gasteiger partial charge in [-0.05, 0) is 36.4 Å². The summed E-state index contributed by atoms with van der Waals surface area (Å²) >= 11 is 1.45. The molecule has 0 aliphatic heterocycles. The van der Waals surface area contributed by atoms with E-state index in [9.17, 15) is 5.11 Å². The molecular weight excluding hydrogens is 366 g/mol. The highest BCUT2D eigenvalue weighted by Crippen LogP contribution is 2.36. The number of ether oxygens (including phenoxy) is 3. The van der Waals surface area contributed by atoms with Crippen LogP contribution < -0.4 is 19.6 Å². The van der Waals surface area contributed by atoms with Crippen LogP contribution in [0, 0.1) is 0 Å². The first kappa shape index (κ1) is 18.5. The van der Waals surface area contributed by atoms with Gasteiger partial charge >= 0.3 is 0 Å². The number of phenols is 1. The third-order valence-corrected chi connectivity index (χ3v) is 4.51. The number of nitrogens with zero attached hydrogens (tertiary/aromatic N) is 2. The van der Waals surface area contributed by atoms with E-state index in [-0.39, 0.29) is 5.75 Å². The molecule has 8 heteroatoms. The Morgan fingerprint density at radius 3 is 2.30 bits per heavy atom. The monoisotopic (exact) mass is 385 g/mol. The van der Waals surface area contributed by atoms with Gasteiger partial charge in [0.05, 0.1) is 33.2 Å². The number of aromatic nitrogens is 1. The van der Waals surface area contributed by atoms with Gasteiger partial charge in [0.25, 0.3) is 0 Å². The number of nitrogens with one attached hydrogen (secondary N) is 1. The average molecular weight is 385 g/mol. The molecule has 0 fully saturated rings. The first-order valence-corrected chi connectivity index (χ1v) is 8.86. The lowest BCUT2D eigenvalue weighted by Crippen LogP contribution is -1.94. The Bertz CT molecular complexity index is 913. The van der Waals surface area contributed by atoms with Gasteiger partial charge in [-0.2, -0.15) is 5.10 Å². The minimum Gasteiger partial charge on any atom is -0.502 e. The van der Waals surface area contributed by atoms with E-state index in [4.69, 9.17) is 14.2 Å². The van der Waals surface area contributed by atoms with E-state index in [0.717, 1.165) is 17.0 Å². The minimum atomic E-state index is -0.0471. The number of phenolic OH excluding ortho intramolecular Hbond substituents is 1. The maximum atomic E-state index is 9.93. The number of aromatic hydroxyl groups is 1. The van der Waals surface area contributed by atoms with Crippen molar-refractivity contribution in [1.82, 2.24) is 4.98 Å². The molecule has 2 aromatic carbocycles. The number of hydrogen-bond donors (Lipinski definition) is 2. The molecule has 0 aliphatic carbocycles. The van der Waals surface area contributed by atoms with Gasteiger partial charge in [-0.3, -0.25) is 5.43 Å². The van der Waals surface area contributed by atoms with E-state index in [1.165, 1.54) is 25.6 Å². The normalized spacial score (nSPS) is 10.8. The second-order valence-electron chi connectivity index (χ2n) is 5.41. The third-order valence-electron chi connectivity index (χ3n) is 3.77. The molecule has 0 amide bonds. The Labute approximate surface area is 160 Å². The lowest BCUT2D eigenvalue weighted by atomic mass is 10.2. The Kier molecular flexibility index (Phi) is 5.77. The number of benzene rings is 2. The van der Waals surface area contributed by atoms with Gasteiger partial charge in [0.1, 0.15) is 5.75 Å². The summed E-state index contributed by atoms with van der Waals surface area (Å²) in [6, 6.07) is 11.0. The Hall–Kier alpha value is -3.26. The molecular formula is C19H19N3O4S. The number of thiazole rings is 1. The van der Waals surface area contributed by atoms with Crippen molar-refractivity contribution in [2.24, 2.45) is 5.10 Å². The molecule has 2 N–H and O–H groups in total. The summed E-state index contributed by atoms with van der Waals surface area (Å²) in [4.78, 5) is 4.51. The highest BCUT2D eigenvalue weighted by Gasteiger charge is 2.10. The van der Waals surface area contributed by atoms with Crippen LogP contribution in [0.4, 0.5) is 5.13 Å². The molecule has 1 heterocycles. The third kappa shape index (κ3) is 4.29. The van der Waals surface area contributed by atoms with Gasteiger partial charge in [-0.25, -0.2) is 4.98 Å². The van der Waals surface area contributed by atoms with Crippen LogP contribution in [-0.4, -0.2) is 37.6 Å². The van der Waals surface area contributed by atoms with Crippen LogP contribution in [0.3, 0.4) is 0 Å². The topological polar surface area (TPSA) is 85.2 Å². The average Bonchev–Trinajstić information content (AvgIpc) is 3.18. The summed E-state index contributed by atoms with van der Waals surface area (Å²) in [5, 5.41) is 16.7. The van der Waals surface area contributed by atoms with Crippen LogP contribution in [0.2, 0.25) is 0 Å². The first-order valence-electron chi connectivity index (χ1n) is 7.98. The molecule has 0 atom stereocenters. The minimum absolute atomic E-state index is 0.0471. The molecule has 27 heavy (non-hydrogen) atoms. The van der Waals surface area contributed by atoms with Gasteiger partial charge < -0.3 is 19.3 Å². The van der Waals surface area contributed by atoms with Gasteiger partial charge in [-0.1, -0.05) is 0 Å². The van der Waals surface area contributed by atoms with Crippen molar-refractivity contribution in [1.29, 1.82) is 0 Å². The van der Waals surface area contributed by atoms with Crippen molar-refractivity contribution in [2.75, 3.05) is 26.8 Å². The standard InChI is InChI=1S/C19H19N3O4S/c1-24-14-6-4-13(5-7-14)15-11-27-19(21-15)22-20-10-12-8-16(25-2)18(23)17(9-12)26-3/h4-11,23H,1-3H3,(H,21,22)/b20-10-. The van der Waals surface area contributed by atoms with Crippen molar-refractivity contribution < 1.29 is 19.3 Å². The lowest BCUT2D eigenvalue weighted by molar-refractivity contribution is 0.340. The molecule has 0 saturated carbocycles. The van der Waals surface area contributed by atoms with Crippen LogP contribution in [-0.2, 0) is 0 Å². The highest BCUT2D eigenvalue weighted by molar-refractivity contribution is 7.14. The number of anilines is 1. The molecule has 0 bridgehead atoms. The molecule has 140 valence electrons. The Balaban J connectivity index is 1.71. The smallest absolute Gasteiger partial charge is 0.203 e. The summed E-state index contributed by atoms with van der Waals surface area (Å²) in [6.45, 7) is 0. The van der Waals surface area contributed by atoms with Crippen molar-refractivity contribution >= 4 is 22.7 Å². The molecule has 0 radical (unpaired) electrons. The fraction of sp³-hybridized carbons (Fsp3) is 0.158. The summed E-state index contributed by atoms with van der Waals surface area (Å²) in [5.41, 5.74) is 5.46. The second kappa shape index (κ2) is 8.41. The molecule has 7 nitrogen and oxygen atoms in total. The molecule has 0 aliphatic rings. The highest BCUT2D eigenvalue weighted by atomic mass is 32.1. The zero-order chi connectivity index (χ0) is 19.2. The van der Waals surface area contributed by atoms with E-state index in [1.54, 1.807) is 25.5 Å². The Morgan fingerprint density at radius 1 is 1.04 bits per heavy atom. The van der Waals surface area contributed by atoms with E-state index in [1.807, 2.05) is 29.6 Å². The number of hydrazone groups is 1. The van der Waals surface area contributed by atoms with Crippen molar-refractivity contribution in [2.45, 2.75) is 0 Å². The molecule has 0 unspecified atom stereocenters. The summed E-state index contributed by atoms with van der Waals surface area (Å²) < 4.78 is 15.4. The van der Waals surface area contributed by atoms with Crippen molar-refractivity contribution in [3.63, 3.8) is 0 Å². The number of rotatable bonds is 7. The summed E-state index contributed by atoms with van der Waals surface area (Å²) in [5.74, 6) is 1.38. The largest absolute Gasteiger partial charge is 0.502 e. The molecule has 3 aromatic rings. The predicted molar refractivity (Wildman–Crippen MR) is 107 cm³/mol. The molecule has 1 aromatic heterocycles. The van der Waals surface area contributed by atoms with Crippen LogP contribution in [0.25, 0.3) is 11.3 Å². The van der Waals surface area contributed by atoms with Gasteiger partial charge in [0.2, 0.25) is 10.9 Å². The zero-order valence-corrected chi connectivity index (χ0v) is 15.9. The van der Waals surface area contributed by atoms with E-state index >= 15 is 0 Å². The van der Waals surface area contributed by atoms with Crippen LogP contribution >= 0.6 is 11.3 Å². The fourth-order valence-electron chi connectivity index (χ4n) is 2.37. The fourth-order valence-corrected chi connectivity index (χ4v) is 3.04. The molecule has 0 spiro atoms. The SMILES string of the molecule is COc1ccc(-c2csc(N/N=C\c3cc(OC)c(O)c(OC)c3)n2)cc1. The number of methoxy groups -OCH3 is 3. The van der Waals surface area contributed by atoms with Crippen LogP contribution in [0.1, 0.15) is 5.56 Å². The van der Waals surface area contributed by atoms with E-state index < -0.39 is 0 Å². The summed E-state index contributed by atoms with van der Waals surface area (Å²) in [6.07, 6.45) is 1.60. The molecule has 3 rings (SSSR count). The van der Waals surface area contributed by atoms with Crippen molar-refractivity contribution in [3.8, 4) is 34.3 Å². The van der Waals surface area contributed by atoms with Crippen LogP contribution in [0.5, 0.6) is 23.0 Å². The van der Waals surface area contributed by atoms with Gasteiger partial charge in [-0.15, -0.1) is 11.3 Å². The number of hydrogen-bond acceptors (Lipinski definition) is 8. The quantitative estimate of drug-likeness (QED) is 0.473.